The quantitative estimate of drug-likeness (QED) is 0.506. The van der Waals surface area contributed by atoms with Crippen molar-refractivity contribution in [3.63, 3.8) is 0 Å². The maximum absolute atomic E-state index is 10.3. The Morgan fingerprint density at radius 2 is 2.17 bits per heavy atom. The van der Waals surface area contributed by atoms with Gasteiger partial charge in [0.1, 0.15) is 0 Å². The molecule has 0 fully saturated rings. The summed E-state index contributed by atoms with van der Waals surface area (Å²) in [5, 5.41) is 8.48. The first-order valence-corrected chi connectivity index (χ1v) is 4.24. The monoisotopic (exact) mass is 168 g/mol. The third-order valence-corrected chi connectivity index (χ3v) is 1.65. The molecule has 68 valence electrons. The number of carboxylic acid groups (broad SMARTS) is 1. The van der Waals surface area contributed by atoms with Crippen LogP contribution in [-0.4, -0.2) is 11.1 Å². The summed E-state index contributed by atoms with van der Waals surface area (Å²) >= 11 is 0. The molecule has 0 rings (SSSR count). The predicted octanol–water partition coefficient (Wildman–Crippen LogP) is 2.76. The van der Waals surface area contributed by atoms with Crippen LogP contribution in [0.15, 0.2) is 23.8 Å². The number of allylic oxidation sites excluding steroid dienone is 3. The van der Waals surface area contributed by atoms with E-state index in [9.17, 15) is 4.79 Å². The molecule has 0 saturated carbocycles. The van der Waals surface area contributed by atoms with E-state index in [0.717, 1.165) is 24.8 Å². The van der Waals surface area contributed by atoms with Gasteiger partial charge in [-0.15, -0.1) is 0 Å². The molecule has 0 atom stereocenters. The molecule has 0 aromatic heterocycles. The minimum absolute atomic E-state index is 0.823. The van der Waals surface area contributed by atoms with E-state index in [1.165, 1.54) is 6.08 Å². The maximum Gasteiger partial charge on any atom is 0.328 e. The van der Waals surface area contributed by atoms with E-state index in [1.807, 2.05) is 26.0 Å². The van der Waals surface area contributed by atoms with Gasteiger partial charge in [-0.1, -0.05) is 24.6 Å². The SMILES string of the molecule is CC=CCCC(=CC(=O)O)CC. The van der Waals surface area contributed by atoms with Crippen LogP contribution in [0.4, 0.5) is 0 Å². The van der Waals surface area contributed by atoms with Crippen LogP contribution < -0.4 is 0 Å². The van der Waals surface area contributed by atoms with Crippen LogP contribution >= 0.6 is 0 Å². The van der Waals surface area contributed by atoms with Gasteiger partial charge in [0.2, 0.25) is 0 Å². The minimum atomic E-state index is -0.840. The predicted molar refractivity (Wildman–Crippen MR) is 50.1 cm³/mol. The van der Waals surface area contributed by atoms with Crippen LogP contribution in [0.5, 0.6) is 0 Å². The van der Waals surface area contributed by atoms with Crippen molar-refractivity contribution >= 4 is 5.97 Å². The fourth-order valence-electron chi connectivity index (χ4n) is 0.961. The minimum Gasteiger partial charge on any atom is -0.478 e. The number of hydrogen-bond acceptors (Lipinski definition) is 1. The molecule has 0 bridgehead atoms. The topological polar surface area (TPSA) is 37.3 Å². The van der Waals surface area contributed by atoms with E-state index in [0.29, 0.717) is 0 Å². The van der Waals surface area contributed by atoms with Gasteiger partial charge in [0.25, 0.3) is 0 Å². The average Bonchev–Trinajstić information content (AvgIpc) is 2.02. The Balaban J connectivity index is 3.91. The highest BCUT2D eigenvalue weighted by atomic mass is 16.4. The first kappa shape index (κ1) is 11.0. The van der Waals surface area contributed by atoms with Gasteiger partial charge in [-0.2, -0.15) is 0 Å². The molecule has 0 radical (unpaired) electrons. The molecule has 12 heavy (non-hydrogen) atoms. The van der Waals surface area contributed by atoms with Crippen LogP contribution in [-0.2, 0) is 4.79 Å². The molecule has 0 amide bonds. The van der Waals surface area contributed by atoms with Gasteiger partial charge in [-0.25, -0.2) is 4.79 Å². The van der Waals surface area contributed by atoms with E-state index in [1.54, 1.807) is 0 Å². The molecule has 0 heterocycles. The van der Waals surface area contributed by atoms with Gasteiger partial charge in [0, 0.05) is 6.08 Å². The number of hydrogen-bond donors (Lipinski definition) is 1. The van der Waals surface area contributed by atoms with E-state index >= 15 is 0 Å². The molecule has 1 N–H and O–H groups in total. The summed E-state index contributed by atoms with van der Waals surface area (Å²) in [4.78, 5) is 10.3. The van der Waals surface area contributed by atoms with Gasteiger partial charge in [-0.05, 0) is 26.2 Å². The van der Waals surface area contributed by atoms with Crippen LogP contribution in [0.25, 0.3) is 0 Å². The van der Waals surface area contributed by atoms with Crippen molar-refractivity contribution in [3.8, 4) is 0 Å². The molecule has 0 saturated heterocycles. The number of rotatable bonds is 5. The van der Waals surface area contributed by atoms with E-state index in [4.69, 9.17) is 5.11 Å². The van der Waals surface area contributed by atoms with E-state index < -0.39 is 5.97 Å². The number of carboxylic acids is 1. The van der Waals surface area contributed by atoms with Crippen molar-refractivity contribution in [3.05, 3.63) is 23.8 Å². The lowest BCUT2D eigenvalue weighted by molar-refractivity contribution is -0.131. The molecular formula is C10H16O2. The zero-order valence-corrected chi connectivity index (χ0v) is 7.71. The Bertz CT molecular complexity index is 190. The number of carbonyl (C=O) groups is 1. The van der Waals surface area contributed by atoms with Crippen LogP contribution in [0.3, 0.4) is 0 Å². The zero-order valence-electron chi connectivity index (χ0n) is 7.71. The van der Waals surface area contributed by atoms with Crippen molar-refractivity contribution in [2.24, 2.45) is 0 Å². The third-order valence-electron chi connectivity index (χ3n) is 1.65. The molecule has 0 unspecified atom stereocenters. The summed E-state index contributed by atoms with van der Waals surface area (Å²) in [6, 6.07) is 0. The van der Waals surface area contributed by atoms with Gasteiger partial charge in [0.15, 0.2) is 0 Å². The molecule has 0 aromatic carbocycles. The molecule has 2 nitrogen and oxygen atoms in total. The second-order valence-corrected chi connectivity index (χ2v) is 2.60. The first-order valence-electron chi connectivity index (χ1n) is 4.24. The van der Waals surface area contributed by atoms with Gasteiger partial charge >= 0.3 is 5.97 Å². The van der Waals surface area contributed by atoms with Crippen molar-refractivity contribution in [2.75, 3.05) is 0 Å². The highest BCUT2D eigenvalue weighted by molar-refractivity contribution is 5.80. The average molecular weight is 168 g/mol. The third kappa shape index (κ3) is 5.71. The molecular weight excluding hydrogens is 152 g/mol. The normalized spacial score (nSPS) is 12.3. The smallest absolute Gasteiger partial charge is 0.328 e. The maximum atomic E-state index is 10.3. The Kier molecular flexibility index (Phi) is 6.07. The Labute approximate surface area is 73.6 Å². The van der Waals surface area contributed by atoms with Gasteiger partial charge in [-0.3, -0.25) is 0 Å². The van der Waals surface area contributed by atoms with Gasteiger partial charge in [0.05, 0.1) is 0 Å². The second-order valence-electron chi connectivity index (χ2n) is 2.60. The Morgan fingerprint density at radius 3 is 2.58 bits per heavy atom. The van der Waals surface area contributed by atoms with Crippen LogP contribution in [0.1, 0.15) is 33.1 Å². The van der Waals surface area contributed by atoms with Gasteiger partial charge < -0.3 is 5.11 Å². The summed E-state index contributed by atoms with van der Waals surface area (Å²) < 4.78 is 0. The molecule has 2 heteroatoms. The molecule has 0 aliphatic carbocycles. The standard InChI is InChI=1S/C10H16O2/c1-3-5-6-7-9(4-2)8-10(11)12/h3,5,8H,4,6-7H2,1-2H3,(H,11,12). The highest BCUT2D eigenvalue weighted by Crippen LogP contribution is 2.09. The summed E-state index contributed by atoms with van der Waals surface area (Å²) in [5.74, 6) is -0.840. The fourth-order valence-corrected chi connectivity index (χ4v) is 0.961. The molecule has 0 spiro atoms. The summed E-state index contributed by atoms with van der Waals surface area (Å²) in [7, 11) is 0. The Morgan fingerprint density at radius 1 is 1.50 bits per heavy atom. The van der Waals surface area contributed by atoms with E-state index in [-0.39, 0.29) is 0 Å². The second kappa shape index (κ2) is 6.65. The van der Waals surface area contributed by atoms with Crippen molar-refractivity contribution < 1.29 is 9.90 Å². The molecule has 0 aliphatic rings. The zero-order chi connectivity index (χ0) is 9.40. The van der Waals surface area contributed by atoms with Crippen LogP contribution in [0, 0.1) is 0 Å². The van der Waals surface area contributed by atoms with Crippen molar-refractivity contribution in [1.82, 2.24) is 0 Å². The fraction of sp³-hybridized carbons (Fsp3) is 0.500. The lowest BCUT2D eigenvalue weighted by atomic mass is 10.1. The highest BCUT2D eigenvalue weighted by Gasteiger charge is 1.96. The first-order chi connectivity index (χ1) is 5.70. The summed E-state index contributed by atoms with van der Waals surface area (Å²) in [5.41, 5.74) is 1.00. The van der Waals surface area contributed by atoms with Crippen molar-refractivity contribution in [2.45, 2.75) is 33.1 Å². The summed E-state index contributed by atoms with van der Waals surface area (Å²) in [6.45, 7) is 3.94. The van der Waals surface area contributed by atoms with E-state index in [2.05, 4.69) is 0 Å². The summed E-state index contributed by atoms with van der Waals surface area (Å²) in [6.07, 6.45) is 7.95. The Hall–Kier alpha value is -1.05. The van der Waals surface area contributed by atoms with Crippen molar-refractivity contribution in [1.29, 1.82) is 0 Å². The largest absolute Gasteiger partial charge is 0.478 e. The molecule has 0 aromatic rings. The molecule has 0 aliphatic heterocycles. The number of aliphatic carboxylic acids is 1. The lowest BCUT2D eigenvalue weighted by Gasteiger charge is -1.99. The van der Waals surface area contributed by atoms with Crippen LogP contribution in [0.2, 0.25) is 0 Å². The lowest BCUT2D eigenvalue weighted by Crippen LogP contribution is -1.91.